The van der Waals surface area contributed by atoms with Crippen LogP contribution in [0.5, 0.6) is 0 Å². The predicted molar refractivity (Wildman–Crippen MR) is 119 cm³/mol. The minimum atomic E-state index is 0. The average Bonchev–Trinajstić information content (AvgIpc) is 3.47. The van der Waals surface area contributed by atoms with Crippen LogP contribution >= 0.6 is 0 Å². The third-order valence-corrected chi connectivity index (χ3v) is 5.43. The molecule has 0 aliphatic rings. The summed E-state index contributed by atoms with van der Waals surface area (Å²) in [5.41, 5.74) is 6.18. The van der Waals surface area contributed by atoms with E-state index in [0.717, 1.165) is 59.5 Å². The Morgan fingerprint density at radius 2 is 1.75 bits per heavy atom. The molecule has 0 aliphatic carbocycles. The largest absolute Gasteiger partial charge is 1.00 e. The van der Waals surface area contributed by atoms with Gasteiger partial charge in [-0.1, -0.05) is 61.9 Å². The summed E-state index contributed by atoms with van der Waals surface area (Å²) in [6.45, 7) is 2.95. The first-order chi connectivity index (χ1) is 15.3. The van der Waals surface area contributed by atoms with Crippen molar-refractivity contribution < 1.29 is 29.6 Å². The molecule has 0 aliphatic heterocycles. The molecule has 0 atom stereocenters. The van der Waals surface area contributed by atoms with Gasteiger partial charge in [0.05, 0.1) is 6.54 Å². The Kier molecular flexibility index (Phi) is 7.09. The molecule has 0 saturated heterocycles. The maximum Gasteiger partial charge on any atom is 1.00 e. The summed E-state index contributed by atoms with van der Waals surface area (Å²) in [6, 6.07) is 20.6. The summed E-state index contributed by atoms with van der Waals surface area (Å²) in [5, 5.41) is 15.3. The van der Waals surface area contributed by atoms with Gasteiger partial charge in [0, 0.05) is 18.4 Å². The topological polar surface area (TPSA) is 83.5 Å². The summed E-state index contributed by atoms with van der Waals surface area (Å²) < 4.78 is 2.24. The number of benzene rings is 2. The number of imidazole rings is 1. The summed E-state index contributed by atoms with van der Waals surface area (Å²) in [5.74, 6) is 1.63. The van der Waals surface area contributed by atoms with Crippen LogP contribution < -0.4 is 34.7 Å². The van der Waals surface area contributed by atoms with Crippen LogP contribution in [0.4, 0.5) is 0 Å². The molecule has 0 amide bonds. The summed E-state index contributed by atoms with van der Waals surface area (Å²) in [6.07, 6.45) is 5.05. The second kappa shape index (κ2) is 10.2. The second-order valence-electron chi connectivity index (χ2n) is 7.51. The van der Waals surface area contributed by atoms with Crippen LogP contribution in [0, 0.1) is 0 Å². The number of unbranched alkanes of at least 4 members (excludes halogenated alkanes) is 1. The Hall–Kier alpha value is -2.87. The minimum Gasteiger partial charge on any atom is -0.330 e. The number of nitrogens with zero attached hydrogens (tertiary/aromatic N) is 7. The van der Waals surface area contributed by atoms with Crippen molar-refractivity contribution >= 4 is 11.2 Å². The van der Waals surface area contributed by atoms with Gasteiger partial charge in [-0.2, -0.15) is 5.21 Å². The molecule has 3 aromatic heterocycles. The Bertz CT molecular complexity index is 1290. The van der Waals surface area contributed by atoms with Gasteiger partial charge in [0.15, 0.2) is 5.65 Å². The van der Waals surface area contributed by atoms with E-state index in [4.69, 9.17) is 4.98 Å². The quantitative estimate of drug-likeness (QED) is 0.361. The van der Waals surface area contributed by atoms with E-state index < -0.39 is 0 Å². The number of tetrazole rings is 1. The zero-order chi connectivity index (χ0) is 21.0. The molecule has 0 N–H and O–H groups in total. The Morgan fingerprint density at radius 3 is 2.50 bits per heavy atom. The maximum absolute atomic E-state index is 4.83. The van der Waals surface area contributed by atoms with Gasteiger partial charge in [-0.05, 0) is 40.8 Å². The maximum atomic E-state index is 4.83. The van der Waals surface area contributed by atoms with E-state index in [1.54, 1.807) is 0 Å². The smallest absolute Gasteiger partial charge is 0.330 e. The summed E-state index contributed by atoms with van der Waals surface area (Å²) in [4.78, 5) is 9.41. The van der Waals surface area contributed by atoms with Crippen molar-refractivity contribution in [3.05, 3.63) is 78.2 Å². The normalized spacial score (nSPS) is 10.9. The van der Waals surface area contributed by atoms with Gasteiger partial charge in [0.1, 0.15) is 11.3 Å². The van der Waals surface area contributed by atoms with E-state index >= 15 is 0 Å². The zero-order valence-corrected chi connectivity index (χ0v) is 20.3. The van der Waals surface area contributed by atoms with Crippen molar-refractivity contribution in [2.75, 3.05) is 0 Å². The molecule has 0 saturated carbocycles. The SMILES string of the molecule is CCCCc1nc2cccnc2n1Cc1ccc(-c2ccccc2-c2nnn[n-]2)cc1.[Na+]. The van der Waals surface area contributed by atoms with Gasteiger partial charge in [-0.3, -0.25) is 10.3 Å². The molecule has 2 aromatic carbocycles. The fraction of sp³-hybridized carbons (Fsp3) is 0.208. The van der Waals surface area contributed by atoms with E-state index in [1.807, 2.05) is 36.5 Å². The van der Waals surface area contributed by atoms with E-state index in [-0.39, 0.29) is 29.6 Å². The monoisotopic (exact) mass is 431 g/mol. The van der Waals surface area contributed by atoms with E-state index in [1.165, 1.54) is 5.56 Å². The Labute approximate surface area is 208 Å². The number of rotatable bonds is 7. The second-order valence-corrected chi connectivity index (χ2v) is 7.51. The molecule has 5 rings (SSSR count). The van der Waals surface area contributed by atoms with E-state index in [0.29, 0.717) is 5.82 Å². The van der Waals surface area contributed by atoms with Crippen LogP contribution in [0.25, 0.3) is 33.7 Å². The van der Waals surface area contributed by atoms with Crippen LogP contribution in [0.3, 0.4) is 0 Å². The molecule has 3 heterocycles. The van der Waals surface area contributed by atoms with Gasteiger partial charge in [-0.15, -0.1) is 0 Å². The van der Waals surface area contributed by atoms with Crippen molar-refractivity contribution in [2.45, 2.75) is 32.7 Å². The van der Waals surface area contributed by atoms with Crippen molar-refractivity contribution in [2.24, 2.45) is 0 Å². The Balaban J connectivity index is 0.00000245. The molecule has 0 unspecified atom stereocenters. The number of aromatic nitrogens is 7. The molecule has 5 aromatic rings. The number of hydrogen-bond acceptors (Lipinski definition) is 5. The third kappa shape index (κ3) is 4.50. The first-order valence-corrected chi connectivity index (χ1v) is 10.5. The zero-order valence-electron chi connectivity index (χ0n) is 18.3. The van der Waals surface area contributed by atoms with Gasteiger partial charge >= 0.3 is 29.6 Å². The molecular formula is C24H22N7Na. The van der Waals surface area contributed by atoms with E-state index in [9.17, 15) is 0 Å². The molecule has 8 heteroatoms. The van der Waals surface area contributed by atoms with Crippen LogP contribution in [0.1, 0.15) is 31.2 Å². The fourth-order valence-corrected chi connectivity index (χ4v) is 3.85. The summed E-state index contributed by atoms with van der Waals surface area (Å²) >= 11 is 0. The van der Waals surface area contributed by atoms with E-state index in [2.05, 4.69) is 67.4 Å². The molecule has 0 fully saturated rings. The number of hydrogen-bond donors (Lipinski definition) is 0. The van der Waals surface area contributed by atoms with Crippen molar-refractivity contribution in [1.29, 1.82) is 0 Å². The standard InChI is InChI=1S/C24H22N7.Na/c1-2-3-10-22-26-21-9-6-15-25-24(21)31(22)16-17-11-13-18(14-12-17)19-7-4-5-8-20(19)23-27-29-30-28-23;/h4-9,11-15H,2-3,10,16H2,1H3;/q-1;+1. The minimum absolute atomic E-state index is 0. The fourth-order valence-electron chi connectivity index (χ4n) is 3.85. The molecule has 154 valence electrons. The Morgan fingerprint density at radius 1 is 0.938 bits per heavy atom. The predicted octanol–water partition coefficient (Wildman–Crippen LogP) is 1.30. The molecule has 32 heavy (non-hydrogen) atoms. The molecule has 7 nitrogen and oxygen atoms in total. The van der Waals surface area contributed by atoms with Crippen LogP contribution in [0.2, 0.25) is 0 Å². The van der Waals surface area contributed by atoms with Crippen LogP contribution in [0.15, 0.2) is 66.9 Å². The van der Waals surface area contributed by atoms with Crippen molar-refractivity contribution in [3.63, 3.8) is 0 Å². The molecule has 0 radical (unpaired) electrons. The van der Waals surface area contributed by atoms with Gasteiger partial charge in [-0.25, -0.2) is 9.97 Å². The number of fused-ring (bicyclic) bond motifs is 1. The number of aryl methyl sites for hydroxylation is 1. The van der Waals surface area contributed by atoms with Gasteiger partial charge < -0.3 is 9.67 Å². The first-order valence-electron chi connectivity index (χ1n) is 10.5. The third-order valence-electron chi connectivity index (χ3n) is 5.43. The molecular weight excluding hydrogens is 409 g/mol. The van der Waals surface area contributed by atoms with Crippen LogP contribution in [-0.2, 0) is 13.0 Å². The molecule has 0 bridgehead atoms. The average molecular weight is 431 g/mol. The summed E-state index contributed by atoms with van der Waals surface area (Å²) in [7, 11) is 0. The van der Waals surface area contributed by atoms with Crippen molar-refractivity contribution in [1.82, 2.24) is 35.2 Å². The first kappa shape index (κ1) is 22.3. The van der Waals surface area contributed by atoms with Crippen molar-refractivity contribution in [3.8, 4) is 22.5 Å². The number of pyridine rings is 1. The van der Waals surface area contributed by atoms with Gasteiger partial charge in [0.25, 0.3) is 0 Å². The van der Waals surface area contributed by atoms with Crippen LogP contribution in [-0.4, -0.2) is 30.1 Å². The van der Waals surface area contributed by atoms with Gasteiger partial charge in [0.2, 0.25) is 0 Å². The molecule has 0 spiro atoms.